The number of aromatic nitrogens is 2. The minimum atomic E-state index is -0.446. The lowest BCUT2D eigenvalue weighted by atomic mass is 9.98. The number of carbonyl (C=O) groups excluding carboxylic acids is 2. The van der Waals surface area contributed by atoms with Crippen LogP contribution in [0.25, 0.3) is 5.69 Å². The minimum absolute atomic E-state index is 0.131. The molecule has 1 aliphatic rings. The minimum Gasteiger partial charge on any atom is -0.466 e. The third kappa shape index (κ3) is 4.07. The molecule has 1 fully saturated rings. The number of nitrogens with zero attached hydrogens (tertiary/aromatic N) is 3. The summed E-state index contributed by atoms with van der Waals surface area (Å²) in [5, 5.41) is 4.32. The fraction of sp³-hybridized carbons (Fsp3) is 0.400. The lowest BCUT2D eigenvalue weighted by Crippen LogP contribution is -2.44. The van der Waals surface area contributed by atoms with E-state index < -0.39 is 11.3 Å². The van der Waals surface area contributed by atoms with Gasteiger partial charge in [0.05, 0.1) is 18.2 Å². The van der Waals surface area contributed by atoms with Gasteiger partial charge in [-0.05, 0) is 38.8 Å². The average Bonchev–Trinajstić information content (AvgIpc) is 2.68. The quantitative estimate of drug-likeness (QED) is 0.770. The van der Waals surface area contributed by atoms with Crippen LogP contribution in [-0.2, 0) is 9.53 Å². The summed E-state index contributed by atoms with van der Waals surface area (Å²) in [4.78, 5) is 38.9. The van der Waals surface area contributed by atoms with E-state index in [9.17, 15) is 14.4 Å². The van der Waals surface area contributed by atoms with Crippen molar-refractivity contribution in [2.45, 2.75) is 26.7 Å². The van der Waals surface area contributed by atoms with E-state index in [2.05, 4.69) is 5.10 Å². The number of likely N-dealkylation sites (tertiary alicyclic amines) is 1. The van der Waals surface area contributed by atoms with Gasteiger partial charge < -0.3 is 9.64 Å². The van der Waals surface area contributed by atoms with Gasteiger partial charge in [0.25, 0.3) is 5.91 Å². The predicted molar refractivity (Wildman–Crippen MR) is 99.8 cm³/mol. The lowest BCUT2D eigenvalue weighted by Gasteiger charge is -2.31. The molecule has 1 aliphatic heterocycles. The Morgan fingerprint density at radius 3 is 2.70 bits per heavy atom. The summed E-state index contributed by atoms with van der Waals surface area (Å²) in [7, 11) is 0. The Morgan fingerprint density at radius 1 is 1.26 bits per heavy atom. The van der Waals surface area contributed by atoms with Crippen LogP contribution in [0.2, 0.25) is 0 Å². The topological polar surface area (TPSA) is 81.5 Å². The number of para-hydroxylation sites is 1. The van der Waals surface area contributed by atoms with E-state index in [0.717, 1.165) is 5.69 Å². The molecule has 1 aromatic heterocycles. The highest BCUT2D eigenvalue weighted by atomic mass is 16.5. The Kier molecular flexibility index (Phi) is 5.69. The van der Waals surface area contributed by atoms with Crippen molar-refractivity contribution >= 4 is 11.9 Å². The second kappa shape index (κ2) is 8.16. The normalized spacial score (nSPS) is 16.8. The van der Waals surface area contributed by atoms with E-state index in [0.29, 0.717) is 31.7 Å². The zero-order valence-corrected chi connectivity index (χ0v) is 15.6. The number of carbonyl (C=O) groups is 2. The molecule has 27 heavy (non-hydrogen) atoms. The number of esters is 1. The van der Waals surface area contributed by atoms with Crippen molar-refractivity contribution in [2.24, 2.45) is 5.92 Å². The van der Waals surface area contributed by atoms with Crippen LogP contribution in [0.15, 0.2) is 41.2 Å². The van der Waals surface area contributed by atoms with Crippen LogP contribution in [0.3, 0.4) is 0 Å². The zero-order valence-electron chi connectivity index (χ0n) is 15.6. The van der Waals surface area contributed by atoms with Crippen molar-refractivity contribution < 1.29 is 14.3 Å². The molecule has 0 unspecified atom stereocenters. The first kappa shape index (κ1) is 18.8. The predicted octanol–water partition coefficient (Wildman–Crippen LogP) is 1.96. The van der Waals surface area contributed by atoms with Crippen LogP contribution in [0, 0.1) is 12.8 Å². The van der Waals surface area contributed by atoms with Gasteiger partial charge in [-0.2, -0.15) is 5.10 Å². The molecule has 2 aromatic rings. The first-order valence-corrected chi connectivity index (χ1v) is 9.13. The summed E-state index contributed by atoms with van der Waals surface area (Å²) in [6, 6.07) is 10.7. The van der Waals surface area contributed by atoms with Gasteiger partial charge in [-0.3, -0.25) is 14.4 Å². The lowest BCUT2D eigenvalue weighted by molar-refractivity contribution is -0.149. The number of benzene rings is 1. The van der Waals surface area contributed by atoms with Gasteiger partial charge in [0, 0.05) is 24.8 Å². The molecular weight excluding hydrogens is 346 g/mol. The molecule has 0 saturated carbocycles. The molecule has 7 heteroatoms. The summed E-state index contributed by atoms with van der Waals surface area (Å²) in [6.45, 7) is 4.58. The fourth-order valence-corrected chi connectivity index (χ4v) is 3.29. The van der Waals surface area contributed by atoms with E-state index in [1.807, 2.05) is 30.3 Å². The van der Waals surface area contributed by atoms with Crippen molar-refractivity contribution in [1.82, 2.24) is 14.7 Å². The van der Waals surface area contributed by atoms with E-state index in [1.54, 1.807) is 18.5 Å². The van der Waals surface area contributed by atoms with Crippen LogP contribution in [0.4, 0.5) is 0 Å². The first-order valence-electron chi connectivity index (χ1n) is 9.13. The van der Waals surface area contributed by atoms with E-state index in [-0.39, 0.29) is 24.1 Å². The molecule has 0 N–H and O–H groups in total. The molecule has 0 bridgehead atoms. The molecule has 0 aliphatic carbocycles. The maximum Gasteiger partial charge on any atom is 0.310 e. The van der Waals surface area contributed by atoms with Crippen molar-refractivity contribution in [1.29, 1.82) is 0 Å². The van der Waals surface area contributed by atoms with Crippen LogP contribution in [0.1, 0.15) is 35.9 Å². The molecule has 1 aromatic carbocycles. The molecule has 0 radical (unpaired) electrons. The molecule has 1 amide bonds. The molecule has 1 saturated heterocycles. The maximum atomic E-state index is 12.9. The molecule has 1 atom stereocenters. The third-order valence-corrected chi connectivity index (χ3v) is 4.64. The van der Waals surface area contributed by atoms with Gasteiger partial charge in [0.1, 0.15) is 0 Å². The first-order chi connectivity index (χ1) is 13.0. The van der Waals surface area contributed by atoms with Gasteiger partial charge in [0.2, 0.25) is 5.43 Å². The standard InChI is InChI=1S/C20H23N3O4/c1-3-27-20(26)15-8-7-11-22(13-15)19(25)18-17(24)12-14(2)23(21-18)16-9-5-4-6-10-16/h4-6,9-10,12,15H,3,7-8,11,13H2,1-2H3/t15-/m0/s1. The number of aryl methyl sites for hydroxylation is 1. The van der Waals surface area contributed by atoms with Gasteiger partial charge in [-0.1, -0.05) is 18.2 Å². The maximum absolute atomic E-state index is 12.9. The summed E-state index contributed by atoms with van der Waals surface area (Å²) in [6.07, 6.45) is 1.37. The van der Waals surface area contributed by atoms with Crippen LogP contribution in [0.5, 0.6) is 0 Å². The van der Waals surface area contributed by atoms with Crippen LogP contribution >= 0.6 is 0 Å². The van der Waals surface area contributed by atoms with Gasteiger partial charge in [-0.25, -0.2) is 4.68 Å². The van der Waals surface area contributed by atoms with Crippen LogP contribution in [-0.4, -0.2) is 46.3 Å². The molecular formula is C20H23N3O4. The largest absolute Gasteiger partial charge is 0.466 e. The molecule has 7 nitrogen and oxygen atoms in total. The number of rotatable bonds is 4. The number of hydrogen-bond acceptors (Lipinski definition) is 5. The Bertz CT molecular complexity index is 892. The van der Waals surface area contributed by atoms with E-state index in [1.165, 1.54) is 11.0 Å². The van der Waals surface area contributed by atoms with Crippen LogP contribution < -0.4 is 5.43 Å². The van der Waals surface area contributed by atoms with E-state index >= 15 is 0 Å². The zero-order chi connectivity index (χ0) is 19.4. The second-order valence-corrected chi connectivity index (χ2v) is 6.59. The number of piperidine rings is 1. The Labute approximate surface area is 157 Å². The average molecular weight is 369 g/mol. The number of ether oxygens (including phenoxy) is 1. The van der Waals surface area contributed by atoms with E-state index in [4.69, 9.17) is 4.74 Å². The highest BCUT2D eigenvalue weighted by Crippen LogP contribution is 2.19. The Balaban J connectivity index is 1.88. The van der Waals surface area contributed by atoms with Crippen molar-refractivity contribution in [3.8, 4) is 5.69 Å². The van der Waals surface area contributed by atoms with Gasteiger partial charge in [0.15, 0.2) is 5.69 Å². The van der Waals surface area contributed by atoms with Gasteiger partial charge in [-0.15, -0.1) is 0 Å². The summed E-state index contributed by atoms with van der Waals surface area (Å²) < 4.78 is 6.66. The molecule has 142 valence electrons. The van der Waals surface area contributed by atoms with Crippen molar-refractivity contribution in [2.75, 3.05) is 19.7 Å². The number of hydrogen-bond donors (Lipinski definition) is 0. The Morgan fingerprint density at radius 2 is 2.00 bits per heavy atom. The Hall–Kier alpha value is -2.96. The highest BCUT2D eigenvalue weighted by molar-refractivity contribution is 5.92. The number of amides is 1. The third-order valence-electron chi connectivity index (χ3n) is 4.64. The SMILES string of the molecule is CCOC(=O)[C@H]1CCCN(C(=O)c2nn(-c3ccccc3)c(C)cc2=O)C1. The molecule has 3 rings (SSSR count). The fourth-order valence-electron chi connectivity index (χ4n) is 3.29. The molecule has 0 spiro atoms. The summed E-state index contributed by atoms with van der Waals surface area (Å²) >= 11 is 0. The smallest absolute Gasteiger partial charge is 0.310 e. The summed E-state index contributed by atoms with van der Waals surface area (Å²) in [5.74, 6) is -1.10. The van der Waals surface area contributed by atoms with Gasteiger partial charge >= 0.3 is 5.97 Å². The second-order valence-electron chi connectivity index (χ2n) is 6.59. The summed E-state index contributed by atoms with van der Waals surface area (Å²) in [5.41, 5.74) is 0.870. The van der Waals surface area contributed by atoms with Crippen molar-refractivity contribution in [3.63, 3.8) is 0 Å². The van der Waals surface area contributed by atoms with Crippen molar-refractivity contribution in [3.05, 3.63) is 58.0 Å². The monoisotopic (exact) mass is 369 g/mol. The molecule has 2 heterocycles. The highest BCUT2D eigenvalue weighted by Gasteiger charge is 2.31.